The molecule has 2 aliphatic heterocycles. The number of carboxylic acids is 1. The summed E-state index contributed by atoms with van der Waals surface area (Å²) in [6.07, 6.45) is 0.569. The lowest BCUT2D eigenvalue weighted by atomic mass is 9.89. The van der Waals surface area contributed by atoms with Gasteiger partial charge in [0.2, 0.25) is 11.8 Å². The number of rotatable bonds is 2. The Kier molecular flexibility index (Phi) is 3.60. The number of amides is 2. The van der Waals surface area contributed by atoms with Gasteiger partial charge in [0.25, 0.3) is 0 Å². The molecule has 1 aromatic carbocycles. The van der Waals surface area contributed by atoms with Gasteiger partial charge in [-0.25, -0.2) is 0 Å². The number of benzene rings is 1. The van der Waals surface area contributed by atoms with Crippen molar-refractivity contribution in [3.63, 3.8) is 0 Å². The molecule has 0 spiro atoms. The minimum absolute atomic E-state index is 0.108. The van der Waals surface area contributed by atoms with Crippen molar-refractivity contribution in [1.82, 2.24) is 4.90 Å². The van der Waals surface area contributed by atoms with Crippen LogP contribution in [0.5, 0.6) is 0 Å². The van der Waals surface area contributed by atoms with Crippen LogP contribution in [-0.2, 0) is 14.4 Å². The van der Waals surface area contributed by atoms with Gasteiger partial charge in [-0.15, -0.1) is 0 Å². The van der Waals surface area contributed by atoms with Gasteiger partial charge in [-0.05, 0) is 25.0 Å². The van der Waals surface area contributed by atoms with Crippen molar-refractivity contribution >= 4 is 23.5 Å². The summed E-state index contributed by atoms with van der Waals surface area (Å²) in [4.78, 5) is 37.5. The Balaban J connectivity index is 1.87. The van der Waals surface area contributed by atoms with Gasteiger partial charge in [-0.2, -0.15) is 0 Å². The normalized spacial score (nSPS) is 27.2. The molecule has 0 bridgehead atoms. The maximum absolute atomic E-state index is 12.8. The van der Waals surface area contributed by atoms with Crippen molar-refractivity contribution in [2.75, 3.05) is 11.9 Å². The first kappa shape index (κ1) is 14.6. The van der Waals surface area contributed by atoms with Gasteiger partial charge >= 0.3 is 5.97 Å². The second-order valence-electron chi connectivity index (χ2n) is 5.90. The SMILES string of the molecule is CC1C(C(=O)O)CCN1C(=O)C1CC(=O)Nc2ccccc21. The summed E-state index contributed by atoms with van der Waals surface area (Å²) >= 11 is 0. The summed E-state index contributed by atoms with van der Waals surface area (Å²) in [5.74, 6) is -2.27. The van der Waals surface area contributed by atoms with E-state index in [1.807, 2.05) is 18.2 Å². The van der Waals surface area contributed by atoms with Gasteiger partial charge in [0, 0.05) is 24.7 Å². The molecule has 6 heteroatoms. The molecule has 0 saturated carbocycles. The second kappa shape index (κ2) is 5.44. The summed E-state index contributed by atoms with van der Waals surface area (Å²) in [6.45, 7) is 2.19. The minimum atomic E-state index is -0.871. The number of likely N-dealkylation sites (tertiary alicyclic amines) is 1. The highest BCUT2D eigenvalue weighted by Gasteiger charge is 2.42. The van der Waals surface area contributed by atoms with E-state index in [0.29, 0.717) is 18.7 Å². The second-order valence-corrected chi connectivity index (χ2v) is 5.90. The number of nitrogens with zero attached hydrogens (tertiary/aromatic N) is 1. The molecule has 3 atom stereocenters. The molecule has 0 aromatic heterocycles. The van der Waals surface area contributed by atoms with Gasteiger partial charge in [-0.3, -0.25) is 14.4 Å². The van der Waals surface area contributed by atoms with Crippen LogP contribution in [0, 0.1) is 5.92 Å². The van der Waals surface area contributed by atoms with E-state index >= 15 is 0 Å². The van der Waals surface area contributed by atoms with E-state index in [0.717, 1.165) is 5.56 Å². The van der Waals surface area contributed by atoms with Crippen LogP contribution >= 0.6 is 0 Å². The molecule has 1 fully saturated rings. The molecule has 22 heavy (non-hydrogen) atoms. The number of carboxylic acid groups (broad SMARTS) is 1. The number of fused-ring (bicyclic) bond motifs is 1. The minimum Gasteiger partial charge on any atom is -0.481 e. The highest BCUT2D eigenvalue weighted by Crippen LogP contribution is 2.36. The number of hydrogen-bond acceptors (Lipinski definition) is 3. The lowest BCUT2D eigenvalue weighted by Crippen LogP contribution is -2.42. The lowest BCUT2D eigenvalue weighted by molar-refractivity contribution is -0.143. The predicted octanol–water partition coefficient (Wildman–Crippen LogP) is 1.43. The third kappa shape index (κ3) is 2.34. The molecule has 116 valence electrons. The summed E-state index contributed by atoms with van der Waals surface area (Å²) in [6, 6.07) is 6.92. The van der Waals surface area contributed by atoms with Crippen LogP contribution in [0.1, 0.15) is 31.2 Å². The molecule has 0 radical (unpaired) electrons. The number of nitrogens with one attached hydrogen (secondary N) is 1. The molecule has 2 aliphatic rings. The Morgan fingerprint density at radius 1 is 1.32 bits per heavy atom. The topological polar surface area (TPSA) is 86.7 Å². The standard InChI is InChI=1S/C16H18N2O4/c1-9-10(16(21)22)6-7-18(9)15(20)12-8-14(19)17-13-5-3-2-4-11(12)13/h2-5,9-10,12H,6-8H2,1H3,(H,17,19)(H,21,22). The van der Waals surface area contributed by atoms with E-state index in [2.05, 4.69) is 5.32 Å². The molecule has 0 aliphatic carbocycles. The first-order valence-corrected chi connectivity index (χ1v) is 7.41. The number of hydrogen-bond donors (Lipinski definition) is 2. The molecule has 2 amide bonds. The summed E-state index contributed by atoms with van der Waals surface area (Å²) < 4.78 is 0. The average molecular weight is 302 g/mol. The Bertz CT molecular complexity index is 643. The van der Waals surface area contributed by atoms with E-state index in [9.17, 15) is 19.5 Å². The van der Waals surface area contributed by atoms with Gasteiger partial charge < -0.3 is 15.3 Å². The molecular formula is C16H18N2O4. The van der Waals surface area contributed by atoms with Crippen LogP contribution in [0.2, 0.25) is 0 Å². The Labute approximate surface area is 128 Å². The average Bonchev–Trinajstić information content (AvgIpc) is 2.87. The third-order valence-corrected chi connectivity index (χ3v) is 4.65. The van der Waals surface area contributed by atoms with E-state index in [4.69, 9.17) is 0 Å². The smallest absolute Gasteiger partial charge is 0.308 e. The maximum Gasteiger partial charge on any atom is 0.308 e. The van der Waals surface area contributed by atoms with Gasteiger partial charge in [0.15, 0.2) is 0 Å². The van der Waals surface area contributed by atoms with Crippen LogP contribution in [0.3, 0.4) is 0 Å². The van der Waals surface area contributed by atoms with Gasteiger partial charge in [0.05, 0.1) is 11.8 Å². The monoisotopic (exact) mass is 302 g/mol. The van der Waals surface area contributed by atoms with Crippen LogP contribution in [-0.4, -0.2) is 40.4 Å². The fourth-order valence-corrected chi connectivity index (χ4v) is 3.41. The maximum atomic E-state index is 12.8. The van der Waals surface area contributed by atoms with Crippen LogP contribution in [0.4, 0.5) is 5.69 Å². The highest BCUT2D eigenvalue weighted by atomic mass is 16.4. The molecular weight excluding hydrogens is 284 g/mol. The van der Waals surface area contributed by atoms with Gasteiger partial charge in [0.1, 0.15) is 0 Å². The first-order chi connectivity index (χ1) is 10.5. The van der Waals surface area contributed by atoms with Crippen molar-refractivity contribution in [3.8, 4) is 0 Å². The first-order valence-electron chi connectivity index (χ1n) is 7.41. The van der Waals surface area contributed by atoms with E-state index in [1.165, 1.54) is 0 Å². The van der Waals surface area contributed by atoms with Crippen molar-refractivity contribution in [3.05, 3.63) is 29.8 Å². The molecule has 3 rings (SSSR count). The number of carbonyl (C=O) groups is 3. The van der Waals surface area contributed by atoms with E-state index in [-0.39, 0.29) is 24.3 Å². The zero-order valence-corrected chi connectivity index (χ0v) is 12.3. The van der Waals surface area contributed by atoms with Crippen molar-refractivity contribution in [2.45, 2.75) is 31.7 Å². The number of aliphatic carboxylic acids is 1. The lowest BCUT2D eigenvalue weighted by Gasteiger charge is -2.31. The van der Waals surface area contributed by atoms with Crippen LogP contribution < -0.4 is 5.32 Å². The third-order valence-electron chi connectivity index (χ3n) is 4.65. The zero-order chi connectivity index (χ0) is 15.9. The summed E-state index contributed by atoms with van der Waals surface area (Å²) in [7, 11) is 0. The Morgan fingerprint density at radius 3 is 2.73 bits per heavy atom. The summed E-state index contributed by atoms with van der Waals surface area (Å²) in [5, 5.41) is 12.0. The molecule has 6 nitrogen and oxygen atoms in total. The fraction of sp³-hybridized carbons (Fsp3) is 0.438. The molecule has 2 heterocycles. The van der Waals surface area contributed by atoms with Crippen molar-refractivity contribution in [1.29, 1.82) is 0 Å². The highest BCUT2D eigenvalue weighted by molar-refractivity contribution is 6.01. The predicted molar refractivity (Wildman–Crippen MR) is 79.3 cm³/mol. The van der Waals surface area contributed by atoms with Crippen LogP contribution in [0.15, 0.2) is 24.3 Å². The van der Waals surface area contributed by atoms with E-state index in [1.54, 1.807) is 17.9 Å². The zero-order valence-electron chi connectivity index (χ0n) is 12.3. The molecule has 3 unspecified atom stereocenters. The van der Waals surface area contributed by atoms with Gasteiger partial charge in [-0.1, -0.05) is 18.2 Å². The van der Waals surface area contributed by atoms with Crippen molar-refractivity contribution < 1.29 is 19.5 Å². The van der Waals surface area contributed by atoms with E-state index < -0.39 is 17.8 Å². The summed E-state index contributed by atoms with van der Waals surface area (Å²) in [5.41, 5.74) is 1.47. The number of anilines is 1. The molecule has 2 N–H and O–H groups in total. The largest absolute Gasteiger partial charge is 0.481 e. The Hall–Kier alpha value is -2.37. The number of para-hydroxylation sites is 1. The fourth-order valence-electron chi connectivity index (χ4n) is 3.41. The quantitative estimate of drug-likeness (QED) is 0.865. The van der Waals surface area contributed by atoms with Crippen molar-refractivity contribution in [2.24, 2.45) is 5.92 Å². The number of carbonyl (C=O) groups excluding carboxylic acids is 2. The van der Waals surface area contributed by atoms with Crippen LogP contribution in [0.25, 0.3) is 0 Å². The molecule has 1 aromatic rings. The Morgan fingerprint density at radius 2 is 2.05 bits per heavy atom. The molecule has 1 saturated heterocycles.